The minimum absolute atomic E-state index is 0.0360. The molecule has 0 N–H and O–H groups in total. The molecule has 1 heterocycles. The summed E-state index contributed by atoms with van der Waals surface area (Å²) in [4.78, 5) is 0. The molecule has 1 aliphatic rings. The molecule has 0 amide bonds. The minimum atomic E-state index is -3.08. The Labute approximate surface area is 97.8 Å². The van der Waals surface area contributed by atoms with E-state index in [1.807, 2.05) is 6.92 Å². The van der Waals surface area contributed by atoms with Crippen LogP contribution >= 0.6 is 11.6 Å². The summed E-state index contributed by atoms with van der Waals surface area (Å²) in [6.07, 6.45) is 2.12. The Balaban J connectivity index is 2.60. The van der Waals surface area contributed by atoms with E-state index in [-0.39, 0.29) is 11.7 Å². The van der Waals surface area contributed by atoms with Gasteiger partial charge in [-0.1, -0.05) is 13.8 Å². The van der Waals surface area contributed by atoms with Gasteiger partial charge in [-0.3, -0.25) is 0 Å². The molecule has 0 bridgehead atoms. The molecule has 0 aromatic heterocycles. The smallest absolute Gasteiger partial charge is 0.212 e. The highest BCUT2D eigenvalue weighted by Gasteiger charge is 2.28. The first kappa shape index (κ1) is 13.3. The first-order valence-corrected chi connectivity index (χ1v) is 7.64. The summed E-state index contributed by atoms with van der Waals surface area (Å²) in [7, 11) is -3.08. The maximum Gasteiger partial charge on any atom is 0.214 e. The molecule has 1 fully saturated rings. The molecule has 2 unspecified atom stereocenters. The van der Waals surface area contributed by atoms with E-state index in [1.54, 1.807) is 4.31 Å². The summed E-state index contributed by atoms with van der Waals surface area (Å²) >= 11 is 5.64. The number of hydrogen-bond donors (Lipinski definition) is 0. The number of rotatable bonds is 4. The van der Waals surface area contributed by atoms with Crippen molar-refractivity contribution in [2.45, 2.75) is 26.7 Å². The van der Waals surface area contributed by atoms with Gasteiger partial charge >= 0.3 is 0 Å². The Morgan fingerprint density at radius 1 is 1.53 bits per heavy atom. The Kier molecular flexibility index (Phi) is 4.87. The van der Waals surface area contributed by atoms with Gasteiger partial charge in [0, 0.05) is 19.0 Å². The Bertz CT molecular complexity index is 292. The molecule has 1 saturated heterocycles. The number of sulfonamides is 1. The lowest BCUT2D eigenvalue weighted by molar-refractivity contribution is 0.280. The fourth-order valence-electron chi connectivity index (χ4n) is 1.91. The lowest BCUT2D eigenvalue weighted by Crippen LogP contribution is -2.41. The third kappa shape index (κ3) is 3.93. The summed E-state index contributed by atoms with van der Waals surface area (Å²) in [6, 6.07) is 0. The molecule has 0 spiro atoms. The van der Waals surface area contributed by atoms with Crippen LogP contribution in [0.25, 0.3) is 0 Å². The lowest BCUT2D eigenvalue weighted by atomic mass is 10.0. The maximum absolute atomic E-state index is 12.0. The predicted octanol–water partition coefficient (Wildman–Crippen LogP) is 1.92. The van der Waals surface area contributed by atoms with E-state index in [9.17, 15) is 8.42 Å². The molecule has 2 atom stereocenters. The van der Waals surface area contributed by atoms with Crippen LogP contribution in [-0.2, 0) is 10.0 Å². The average Bonchev–Trinajstić information content (AvgIpc) is 2.17. The fraction of sp³-hybridized carbons (Fsp3) is 1.00. The second-order valence-corrected chi connectivity index (χ2v) is 6.97. The Morgan fingerprint density at radius 3 is 2.73 bits per heavy atom. The third-order valence-electron chi connectivity index (χ3n) is 2.77. The van der Waals surface area contributed by atoms with Crippen LogP contribution < -0.4 is 0 Å². The highest BCUT2D eigenvalue weighted by atomic mass is 35.5. The van der Waals surface area contributed by atoms with Crippen LogP contribution in [0.2, 0.25) is 0 Å². The van der Waals surface area contributed by atoms with Gasteiger partial charge in [0.25, 0.3) is 0 Å². The molecule has 0 aromatic carbocycles. The molecule has 1 aliphatic heterocycles. The monoisotopic (exact) mass is 253 g/mol. The number of halogens is 1. The quantitative estimate of drug-likeness (QED) is 0.718. The van der Waals surface area contributed by atoms with Gasteiger partial charge in [-0.2, -0.15) is 0 Å². The van der Waals surface area contributed by atoms with Crippen molar-refractivity contribution >= 4 is 21.6 Å². The van der Waals surface area contributed by atoms with Crippen molar-refractivity contribution in [1.82, 2.24) is 4.31 Å². The number of hydrogen-bond acceptors (Lipinski definition) is 2. The SMILES string of the molecule is CC1CCCN(S(=O)(=O)CC(C)CCl)C1. The van der Waals surface area contributed by atoms with Crippen LogP contribution in [0.3, 0.4) is 0 Å². The van der Waals surface area contributed by atoms with Crippen molar-refractivity contribution in [3.8, 4) is 0 Å². The van der Waals surface area contributed by atoms with Gasteiger partial charge in [0.15, 0.2) is 0 Å². The topological polar surface area (TPSA) is 37.4 Å². The van der Waals surface area contributed by atoms with E-state index in [0.29, 0.717) is 24.9 Å². The van der Waals surface area contributed by atoms with E-state index in [2.05, 4.69) is 6.92 Å². The molecular weight excluding hydrogens is 234 g/mol. The summed E-state index contributed by atoms with van der Waals surface area (Å²) in [6.45, 7) is 5.34. The average molecular weight is 254 g/mol. The van der Waals surface area contributed by atoms with Gasteiger partial charge in [-0.05, 0) is 24.7 Å². The van der Waals surface area contributed by atoms with Crippen LogP contribution in [0, 0.1) is 11.8 Å². The van der Waals surface area contributed by atoms with Crippen molar-refractivity contribution in [2.24, 2.45) is 11.8 Å². The van der Waals surface area contributed by atoms with Crippen molar-refractivity contribution in [3.05, 3.63) is 0 Å². The molecule has 5 heteroatoms. The minimum Gasteiger partial charge on any atom is -0.212 e. The molecule has 90 valence electrons. The number of piperidine rings is 1. The molecule has 0 aromatic rings. The van der Waals surface area contributed by atoms with E-state index in [0.717, 1.165) is 12.8 Å². The highest BCUT2D eigenvalue weighted by molar-refractivity contribution is 7.89. The van der Waals surface area contributed by atoms with Crippen molar-refractivity contribution < 1.29 is 8.42 Å². The molecule has 0 saturated carbocycles. The van der Waals surface area contributed by atoms with Crippen LogP contribution in [0.1, 0.15) is 26.7 Å². The lowest BCUT2D eigenvalue weighted by Gasteiger charge is -2.30. The second-order valence-electron chi connectivity index (χ2n) is 4.64. The molecular formula is C10H20ClNO2S. The number of alkyl halides is 1. The van der Waals surface area contributed by atoms with Gasteiger partial charge in [0.1, 0.15) is 0 Å². The van der Waals surface area contributed by atoms with E-state index in [1.165, 1.54) is 0 Å². The second kappa shape index (κ2) is 5.51. The van der Waals surface area contributed by atoms with Gasteiger partial charge in [0.05, 0.1) is 5.75 Å². The summed E-state index contributed by atoms with van der Waals surface area (Å²) in [5.74, 6) is 1.11. The molecule has 0 radical (unpaired) electrons. The van der Waals surface area contributed by atoms with Gasteiger partial charge < -0.3 is 0 Å². The fourth-order valence-corrected chi connectivity index (χ4v) is 4.08. The first-order valence-electron chi connectivity index (χ1n) is 5.49. The summed E-state index contributed by atoms with van der Waals surface area (Å²) in [5, 5.41) is 0. The molecule has 15 heavy (non-hydrogen) atoms. The zero-order chi connectivity index (χ0) is 11.5. The van der Waals surface area contributed by atoms with Gasteiger partial charge in [-0.15, -0.1) is 11.6 Å². The zero-order valence-electron chi connectivity index (χ0n) is 9.45. The van der Waals surface area contributed by atoms with Crippen LogP contribution in [0.5, 0.6) is 0 Å². The van der Waals surface area contributed by atoms with Crippen molar-refractivity contribution in [1.29, 1.82) is 0 Å². The predicted molar refractivity (Wildman–Crippen MR) is 63.6 cm³/mol. The standard InChI is InChI=1S/C10H20ClNO2S/c1-9-4-3-5-12(7-9)15(13,14)8-10(2)6-11/h9-10H,3-8H2,1-2H3. The largest absolute Gasteiger partial charge is 0.214 e. The Hall–Kier alpha value is 0.200. The molecule has 3 nitrogen and oxygen atoms in total. The first-order chi connectivity index (χ1) is 6.95. The summed E-state index contributed by atoms with van der Waals surface area (Å²) in [5.41, 5.74) is 0. The van der Waals surface area contributed by atoms with Gasteiger partial charge in [0.2, 0.25) is 10.0 Å². The maximum atomic E-state index is 12.0. The van der Waals surface area contributed by atoms with E-state index in [4.69, 9.17) is 11.6 Å². The van der Waals surface area contributed by atoms with Crippen LogP contribution in [0.15, 0.2) is 0 Å². The summed E-state index contributed by atoms with van der Waals surface area (Å²) < 4.78 is 25.6. The highest BCUT2D eigenvalue weighted by Crippen LogP contribution is 2.20. The molecule has 1 rings (SSSR count). The third-order valence-corrected chi connectivity index (χ3v) is 5.41. The Morgan fingerprint density at radius 2 is 2.20 bits per heavy atom. The van der Waals surface area contributed by atoms with Crippen LogP contribution in [0.4, 0.5) is 0 Å². The normalized spacial score (nSPS) is 26.5. The zero-order valence-corrected chi connectivity index (χ0v) is 11.0. The van der Waals surface area contributed by atoms with Gasteiger partial charge in [-0.25, -0.2) is 12.7 Å². The molecule has 0 aliphatic carbocycles. The van der Waals surface area contributed by atoms with E-state index < -0.39 is 10.0 Å². The van der Waals surface area contributed by atoms with Crippen molar-refractivity contribution in [3.63, 3.8) is 0 Å². The van der Waals surface area contributed by atoms with Crippen molar-refractivity contribution in [2.75, 3.05) is 24.7 Å². The van der Waals surface area contributed by atoms with E-state index >= 15 is 0 Å². The van der Waals surface area contributed by atoms with Crippen LogP contribution in [-0.4, -0.2) is 37.4 Å². The number of nitrogens with zero attached hydrogens (tertiary/aromatic N) is 1.